The molecule has 0 aliphatic rings. The fourth-order valence-electron chi connectivity index (χ4n) is 2.31. The van der Waals surface area contributed by atoms with Crippen LogP contribution in [0.25, 0.3) is 0 Å². The first-order valence-corrected chi connectivity index (χ1v) is 6.85. The van der Waals surface area contributed by atoms with Crippen LogP contribution in [0, 0.1) is 5.92 Å². The van der Waals surface area contributed by atoms with E-state index in [1.54, 1.807) is 0 Å². The van der Waals surface area contributed by atoms with Crippen molar-refractivity contribution in [2.45, 2.75) is 39.4 Å². The molecule has 0 fully saturated rings. The Morgan fingerprint density at radius 3 is 2.33 bits per heavy atom. The average molecular weight is 302 g/mol. The molecular weight excluding hydrogens is 281 g/mol. The first kappa shape index (κ1) is 17.3. The van der Waals surface area contributed by atoms with E-state index in [9.17, 15) is 18.0 Å². The summed E-state index contributed by atoms with van der Waals surface area (Å²) in [6.45, 7) is 5.88. The van der Waals surface area contributed by atoms with Gasteiger partial charge in [-0.15, -0.1) is 0 Å². The number of anilines is 1. The Kier molecular flexibility index (Phi) is 5.63. The Balaban J connectivity index is 3.05. The number of carbonyl (C=O) groups is 1. The number of carbonyl (C=O) groups excluding carboxylic acids is 1. The van der Waals surface area contributed by atoms with Crippen LogP contribution in [0.2, 0.25) is 0 Å². The standard InChI is InChI=1S/C15H21F3N2O/c1-9(2)8-10(3)20-14(21)11-6-5-7-12(13(11)19-4)15(16,17)18/h5-7,9-10,19H,8H2,1-4H3,(H,20,21). The van der Waals surface area contributed by atoms with Crippen molar-refractivity contribution < 1.29 is 18.0 Å². The van der Waals surface area contributed by atoms with E-state index in [2.05, 4.69) is 10.6 Å². The zero-order valence-corrected chi connectivity index (χ0v) is 12.6. The zero-order valence-electron chi connectivity index (χ0n) is 12.6. The Bertz CT molecular complexity index is 498. The van der Waals surface area contributed by atoms with Gasteiger partial charge in [0.2, 0.25) is 0 Å². The minimum atomic E-state index is -4.50. The van der Waals surface area contributed by atoms with Gasteiger partial charge < -0.3 is 10.6 Å². The number of para-hydroxylation sites is 1. The molecule has 0 saturated carbocycles. The van der Waals surface area contributed by atoms with Gasteiger partial charge in [0.15, 0.2) is 0 Å². The molecule has 21 heavy (non-hydrogen) atoms. The maximum Gasteiger partial charge on any atom is 0.418 e. The minimum Gasteiger partial charge on any atom is -0.387 e. The Morgan fingerprint density at radius 1 is 1.24 bits per heavy atom. The number of nitrogens with one attached hydrogen (secondary N) is 2. The monoisotopic (exact) mass is 302 g/mol. The zero-order chi connectivity index (χ0) is 16.2. The average Bonchev–Trinajstić information content (AvgIpc) is 2.35. The van der Waals surface area contributed by atoms with Gasteiger partial charge in [0.1, 0.15) is 0 Å². The first-order chi connectivity index (χ1) is 9.66. The van der Waals surface area contributed by atoms with E-state index < -0.39 is 17.6 Å². The van der Waals surface area contributed by atoms with Crippen LogP contribution in [-0.2, 0) is 6.18 Å². The highest BCUT2D eigenvalue weighted by Crippen LogP contribution is 2.36. The molecule has 1 unspecified atom stereocenters. The van der Waals surface area contributed by atoms with E-state index >= 15 is 0 Å². The van der Waals surface area contributed by atoms with E-state index in [-0.39, 0.29) is 17.3 Å². The van der Waals surface area contributed by atoms with E-state index in [4.69, 9.17) is 0 Å². The lowest BCUT2D eigenvalue weighted by atomic mass is 10.0. The van der Waals surface area contributed by atoms with Crippen molar-refractivity contribution in [1.82, 2.24) is 5.32 Å². The number of hydrogen-bond donors (Lipinski definition) is 2. The molecule has 2 N–H and O–H groups in total. The molecule has 1 rings (SSSR count). The lowest BCUT2D eigenvalue weighted by Crippen LogP contribution is -2.34. The van der Waals surface area contributed by atoms with Crippen molar-refractivity contribution in [3.8, 4) is 0 Å². The van der Waals surface area contributed by atoms with Crippen molar-refractivity contribution >= 4 is 11.6 Å². The molecule has 6 heteroatoms. The predicted octanol–water partition coefficient (Wildman–Crippen LogP) is 3.91. The van der Waals surface area contributed by atoms with Gasteiger partial charge in [0.25, 0.3) is 5.91 Å². The third kappa shape index (κ3) is 4.65. The molecule has 0 bridgehead atoms. The Hall–Kier alpha value is -1.72. The third-order valence-electron chi connectivity index (χ3n) is 3.07. The molecule has 0 aliphatic carbocycles. The number of benzene rings is 1. The summed E-state index contributed by atoms with van der Waals surface area (Å²) in [4.78, 5) is 12.2. The molecule has 1 amide bonds. The van der Waals surface area contributed by atoms with Crippen LogP contribution >= 0.6 is 0 Å². The third-order valence-corrected chi connectivity index (χ3v) is 3.07. The molecule has 0 saturated heterocycles. The smallest absolute Gasteiger partial charge is 0.387 e. The van der Waals surface area contributed by atoms with Crippen LogP contribution in [-0.4, -0.2) is 19.0 Å². The van der Waals surface area contributed by atoms with Crippen molar-refractivity contribution in [2.75, 3.05) is 12.4 Å². The summed E-state index contributed by atoms with van der Waals surface area (Å²) in [5.74, 6) is -0.107. The van der Waals surface area contributed by atoms with Gasteiger partial charge in [0.05, 0.1) is 16.8 Å². The van der Waals surface area contributed by atoms with Crippen LogP contribution in [0.15, 0.2) is 18.2 Å². The highest BCUT2D eigenvalue weighted by atomic mass is 19.4. The molecule has 0 radical (unpaired) electrons. The van der Waals surface area contributed by atoms with Crippen LogP contribution in [0.1, 0.15) is 43.1 Å². The van der Waals surface area contributed by atoms with Crippen LogP contribution in [0.3, 0.4) is 0 Å². The van der Waals surface area contributed by atoms with Crippen LogP contribution in [0.5, 0.6) is 0 Å². The molecule has 118 valence electrons. The Morgan fingerprint density at radius 2 is 1.86 bits per heavy atom. The maximum absolute atomic E-state index is 12.9. The minimum absolute atomic E-state index is 0.00271. The fraction of sp³-hybridized carbons (Fsp3) is 0.533. The number of hydrogen-bond acceptors (Lipinski definition) is 2. The highest BCUT2D eigenvalue weighted by molar-refractivity contribution is 6.00. The largest absolute Gasteiger partial charge is 0.418 e. The SMILES string of the molecule is CNc1c(C(=O)NC(C)CC(C)C)cccc1C(F)(F)F. The molecule has 0 aliphatic heterocycles. The second-order valence-electron chi connectivity index (χ2n) is 5.48. The molecule has 0 spiro atoms. The molecular formula is C15H21F3N2O. The van der Waals surface area contributed by atoms with Gasteiger partial charge in [-0.2, -0.15) is 13.2 Å². The van der Waals surface area contributed by atoms with Gasteiger partial charge in [-0.1, -0.05) is 19.9 Å². The van der Waals surface area contributed by atoms with Crippen molar-refractivity contribution in [3.05, 3.63) is 29.3 Å². The number of rotatable bonds is 5. The van der Waals surface area contributed by atoms with E-state index in [0.29, 0.717) is 5.92 Å². The Labute approximate surface area is 122 Å². The first-order valence-electron chi connectivity index (χ1n) is 6.85. The van der Waals surface area contributed by atoms with Gasteiger partial charge >= 0.3 is 6.18 Å². The summed E-state index contributed by atoms with van der Waals surface area (Å²) >= 11 is 0. The molecule has 1 atom stereocenters. The summed E-state index contributed by atoms with van der Waals surface area (Å²) < 4.78 is 38.8. The number of alkyl halides is 3. The second kappa shape index (κ2) is 6.83. The van der Waals surface area contributed by atoms with Crippen molar-refractivity contribution in [1.29, 1.82) is 0 Å². The molecule has 0 heterocycles. The van der Waals surface area contributed by atoms with Crippen LogP contribution in [0.4, 0.5) is 18.9 Å². The molecule has 0 aromatic heterocycles. The van der Waals surface area contributed by atoms with Gasteiger partial charge in [-0.25, -0.2) is 0 Å². The van der Waals surface area contributed by atoms with E-state index in [0.717, 1.165) is 12.5 Å². The van der Waals surface area contributed by atoms with E-state index in [1.165, 1.54) is 19.2 Å². The molecule has 1 aromatic carbocycles. The summed E-state index contributed by atoms with van der Waals surface area (Å²) in [7, 11) is 1.37. The quantitative estimate of drug-likeness (QED) is 0.866. The topological polar surface area (TPSA) is 41.1 Å². The lowest BCUT2D eigenvalue weighted by Gasteiger charge is -2.19. The normalized spacial score (nSPS) is 13.1. The summed E-state index contributed by atoms with van der Waals surface area (Å²) in [6.07, 6.45) is -3.74. The molecule has 3 nitrogen and oxygen atoms in total. The van der Waals surface area contributed by atoms with Crippen molar-refractivity contribution in [2.24, 2.45) is 5.92 Å². The summed E-state index contributed by atoms with van der Waals surface area (Å²) in [5.41, 5.74) is -1.03. The van der Waals surface area contributed by atoms with Crippen molar-refractivity contribution in [3.63, 3.8) is 0 Å². The second-order valence-corrected chi connectivity index (χ2v) is 5.48. The highest BCUT2D eigenvalue weighted by Gasteiger charge is 2.35. The fourth-order valence-corrected chi connectivity index (χ4v) is 2.31. The summed E-state index contributed by atoms with van der Waals surface area (Å²) in [5, 5.41) is 5.22. The van der Waals surface area contributed by atoms with E-state index in [1.807, 2.05) is 20.8 Å². The predicted molar refractivity (Wildman–Crippen MR) is 77.4 cm³/mol. The van der Waals surface area contributed by atoms with Gasteiger partial charge in [-0.05, 0) is 31.4 Å². The van der Waals surface area contributed by atoms with Gasteiger partial charge in [0, 0.05) is 13.1 Å². The van der Waals surface area contributed by atoms with Crippen LogP contribution < -0.4 is 10.6 Å². The number of halogens is 3. The number of amides is 1. The lowest BCUT2D eigenvalue weighted by molar-refractivity contribution is -0.136. The summed E-state index contributed by atoms with van der Waals surface area (Å²) in [6, 6.07) is 3.49. The van der Waals surface area contributed by atoms with Gasteiger partial charge in [-0.3, -0.25) is 4.79 Å². The molecule has 1 aromatic rings. The maximum atomic E-state index is 12.9.